The summed E-state index contributed by atoms with van der Waals surface area (Å²) in [5.74, 6) is 0.893. The van der Waals surface area contributed by atoms with Crippen LogP contribution in [-0.2, 0) is 4.79 Å². The van der Waals surface area contributed by atoms with Gasteiger partial charge in [-0.1, -0.05) is 29.8 Å². The predicted molar refractivity (Wildman–Crippen MR) is 111 cm³/mol. The van der Waals surface area contributed by atoms with Crippen molar-refractivity contribution in [1.29, 1.82) is 0 Å². The van der Waals surface area contributed by atoms with Crippen molar-refractivity contribution in [2.75, 3.05) is 32.1 Å². The molecule has 5 nitrogen and oxygen atoms in total. The van der Waals surface area contributed by atoms with Crippen molar-refractivity contribution in [2.45, 2.75) is 13.3 Å². The fourth-order valence-corrected chi connectivity index (χ4v) is 2.71. The molecule has 2 rings (SSSR count). The number of anilines is 1. The maximum atomic E-state index is 12.0. The van der Waals surface area contributed by atoms with E-state index in [0.717, 1.165) is 24.2 Å². The highest BCUT2D eigenvalue weighted by Gasteiger charge is 2.10. The number of ether oxygens (including phenoxy) is 2. The SMILES string of the molecule is CCOc1c(Cl)cc(C=CC(=O)NCCCNc2ccccc2)cc1OC. The van der Waals surface area contributed by atoms with Gasteiger partial charge in [0, 0.05) is 24.9 Å². The van der Waals surface area contributed by atoms with E-state index in [4.69, 9.17) is 21.1 Å². The first kappa shape index (κ1) is 20.6. The average molecular weight is 389 g/mol. The summed E-state index contributed by atoms with van der Waals surface area (Å²) in [6, 6.07) is 13.5. The zero-order chi connectivity index (χ0) is 19.5. The highest BCUT2D eigenvalue weighted by molar-refractivity contribution is 6.32. The minimum absolute atomic E-state index is 0.154. The van der Waals surface area contributed by atoms with Crippen LogP contribution in [0.1, 0.15) is 18.9 Å². The number of carbonyl (C=O) groups is 1. The van der Waals surface area contributed by atoms with Crippen LogP contribution in [0.5, 0.6) is 11.5 Å². The first-order chi connectivity index (χ1) is 13.1. The molecule has 0 bridgehead atoms. The molecular formula is C21H25ClN2O3. The molecule has 27 heavy (non-hydrogen) atoms. The fraction of sp³-hybridized carbons (Fsp3) is 0.286. The van der Waals surface area contributed by atoms with Gasteiger partial charge in [-0.25, -0.2) is 0 Å². The summed E-state index contributed by atoms with van der Waals surface area (Å²) in [5.41, 5.74) is 1.84. The number of carbonyl (C=O) groups excluding carboxylic acids is 1. The number of halogens is 1. The van der Waals surface area contributed by atoms with Gasteiger partial charge < -0.3 is 20.1 Å². The topological polar surface area (TPSA) is 59.6 Å². The third-order valence-corrected chi connectivity index (χ3v) is 4.00. The van der Waals surface area contributed by atoms with E-state index in [2.05, 4.69) is 10.6 Å². The quantitative estimate of drug-likeness (QED) is 0.468. The van der Waals surface area contributed by atoms with Gasteiger partial charge in [-0.05, 0) is 49.2 Å². The second-order valence-corrected chi connectivity index (χ2v) is 6.15. The van der Waals surface area contributed by atoms with E-state index in [1.54, 1.807) is 25.3 Å². The molecule has 0 unspecified atom stereocenters. The minimum Gasteiger partial charge on any atom is -0.493 e. The molecule has 0 aromatic heterocycles. The van der Waals surface area contributed by atoms with Crippen LogP contribution in [0, 0.1) is 0 Å². The molecule has 0 spiro atoms. The van der Waals surface area contributed by atoms with Gasteiger partial charge in [0.25, 0.3) is 0 Å². The molecule has 1 amide bonds. The maximum absolute atomic E-state index is 12.0. The standard InChI is InChI=1S/C21H25ClN2O3/c1-3-27-21-18(22)14-16(15-19(21)26-2)10-11-20(25)24-13-7-12-23-17-8-5-4-6-9-17/h4-6,8-11,14-15,23H,3,7,12-13H2,1-2H3,(H,24,25). The Morgan fingerprint density at radius 2 is 1.96 bits per heavy atom. The fourth-order valence-electron chi connectivity index (χ4n) is 2.44. The van der Waals surface area contributed by atoms with Crippen LogP contribution in [0.2, 0.25) is 5.02 Å². The van der Waals surface area contributed by atoms with E-state index in [1.807, 2.05) is 37.3 Å². The Morgan fingerprint density at radius 3 is 2.67 bits per heavy atom. The van der Waals surface area contributed by atoms with Gasteiger partial charge in [0.05, 0.1) is 18.7 Å². The largest absolute Gasteiger partial charge is 0.493 e. The molecule has 6 heteroatoms. The first-order valence-corrected chi connectivity index (χ1v) is 9.27. The second-order valence-electron chi connectivity index (χ2n) is 5.74. The number of hydrogen-bond acceptors (Lipinski definition) is 4. The molecule has 0 aliphatic heterocycles. The molecule has 0 atom stereocenters. The van der Waals surface area contributed by atoms with Gasteiger partial charge in [-0.3, -0.25) is 4.79 Å². The Kier molecular flexibility index (Phi) is 8.52. The molecule has 0 aliphatic carbocycles. The molecule has 0 saturated heterocycles. The van der Waals surface area contributed by atoms with Crippen molar-refractivity contribution in [1.82, 2.24) is 5.32 Å². The van der Waals surface area contributed by atoms with Crippen LogP contribution in [0.4, 0.5) is 5.69 Å². The van der Waals surface area contributed by atoms with Crippen LogP contribution in [0.15, 0.2) is 48.5 Å². The lowest BCUT2D eigenvalue weighted by Crippen LogP contribution is -2.23. The molecular weight excluding hydrogens is 364 g/mol. The molecule has 0 radical (unpaired) electrons. The zero-order valence-corrected chi connectivity index (χ0v) is 16.4. The number of rotatable bonds is 10. The molecule has 0 heterocycles. The first-order valence-electron chi connectivity index (χ1n) is 8.89. The molecule has 2 aromatic rings. The van der Waals surface area contributed by atoms with Gasteiger partial charge in [-0.15, -0.1) is 0 Å². The van der Waals surface area contributed by atoms with E-state index in [0.29, 0.717) is 29.7 Å². The lowest BCUT2D eigenvalue weighted by molar-refractivity contribution is -0.116. The lowest BCUT2D eigenvalue weighted by Gasteiger charge is -2.11. The highest BCUT2D eigenvalue weighted by atomic mass is 35.5. The number of nitrogens with one attached hydrogen (secondary N) is 2. The van der Waals surface area contributed by atoms with Gasteiger partial charge in [0.2, 0.25) is 5.91 Å². The van der Waals surface area contributed by atoms with Gasteiger partial charge in [0.15, 0.2) is 11.5 Å². The van der Waals surface area contributed by atoms with E-state index in [1.165, 1.54) is 6.08 Å². The van der Waals surface area contributed by atoms with Crippen LogP contribution >= 0.6 is 11.6 Å². The van der Waals surface area contributed by atoms with Crippen molar-refractivity contribution >= 4 is 29.3 Å². The molecule has 2 N–H and O–H groups in total. The van der Waals surface area contributed by atoms with Gasteiger partial charge >= 0.3 is 0 Å². The molecule has 0 saturated carbocycles. The summed E-state index contributed by atoms with van der Waals surface area (Å²) in [7, 11) is 1.55. The minimum atomic E-state index is -0.154. The second kappa shape index (κ2) is 11.1. The van der Waals surface area contributed by atoms with Crippen molar-refractivity contribution in [3.8, 4) is 11.5 Å². The lowest BCUT2D eigenvalue weighted by atomic mass is 10.2. The van der Waals surface area contributed by atoms with Crippen LogP contribution in [0.25, 0.3) is 6.08 Å². The number of benzene rings is 2. The summed E-state index contributed by atoms with van der Waals surface area (Å²) in [5, 5.41) is 6.61. The van der Waals surface area contributed by atoms with E-state index in [-0.39, 0.29) is 5.91 Å². The average Bonchev–Trinajstić information content (AvgIpc) is 2.68. The van der Waals surface area contributed by atoms with Crippen LogP contribution < -0.4 is 20.1 Å². The van der Waals surface area contributed by atoms with Crippen LogP contribution in [-0.4, -0.2) is 32.7 Å². The zero-order valence-electron chi connectivity index (χ0n) is 15.6. The maximum Gasteiger partial charge on any atom is 0.244 e. The summed E-state index contributed by atoms with van der Waals surface area (Å²) < 4.78 is 10.8. The van der Waals surface area contributed by atoms with E-state index in [9.17, 15) is 4.79 Å². The van der Waals surface area contributed by atoms with Crippen LogP contribution in [0.3, 0.4) is 0 Å². The van der Waals surface area contributed by atoms with E-state index < -0.39 is 0 Å². The van der Waals surface area contributed by atoms with E-state index >= 15 is 0 Å². The molecule has 0 fully saturated rings. The Hall–Kier alpha value is -2.66. The van der Waals surface area contributed by atoms with Gasteiger partial charge in [-0.2, -0.15) is 0 Å². The van der Waals surface area contributed by atoms with Crippen molar-refractivity contribution in [3.63, 3.8) is 0 Å². The Balaban J connectivity index is 1.79. The number of amides is 1. The predicted octanol–water partition coefficient (Wildman–Crippen LogP) is 4.38. The number of para-hydroxylation sites is 1. The molecule has 0 aliphatic rings. The monoisotopic (exact) mass is 388 g/mol. The number of methoxy groups -OCH3 is 1. The summed E-state index contributed by atoms with van der Waals surface area (Å²) in [6.45, 7) is 3.76. The van der Waals surface area contributed by atoms with Crippen molar-refractivity contribution in [3.05, 3.63) is 59.1 Å². The summed E-state index contributed by atoms with van der Waals surface area (Å²) in [6.07, 6.45) is 4.01. The smallest absolute Gasteiger partial charge is 0.244 e. The Bertz CT molecular complexity index is 764. The Labute approximate surface area is 165 Å². The highest BCUT2D eigenvalue weighted by Crippen LogP contribution is 2.36. The van der Waals surface area contributed by atoms with Crippen molar-refractivity contribution < 1.29 is 14.3 Å². The summed E-state index contributed by atoms with van der Waals surface area (Å²) in [4.78, 5) is 12.0. The third-order valence-electron chi connectivity index (χ3n) is 3.72. The number of hydrogen-bond donors (Lipinski definition) is 2. The molecule has 2 aromatic carbocycles. The van der Waals surface area contributed by atoms with Gasteiger partial charge in [0.1, 0.15) is 0 Å². The third kappa shape index (κ3) is 6.87. The Morgan fingerprint density at radius 1 is 1.19 bits per heavy atom. The molecule has 144 valence electrons. The normalized spacial score (nSPS) is 10.6. The summed E-state index contributed by atoms with van der Waals surface area (Å²) >= 11 is 6.23. The van der Waals surface area contributed by atoms with Crippen molar-refractivity contribution in [2.24, 2.45) is 0 Å².